The van der Waals surface area contributed by atoms with Gasteiger partial charge in [0.2, 0.25) is 5.91 Å². The summed E-state index contributed by atoms with van der Waals surface area (Å²) in [7, 11) is 1.70. The summed E-state index contributed by atoms with van der Waals surface area (Å²) in [5.74, 6) is 0.0260. The standard InChI is InChI=1S/C15H24N2O/c1-11-6-8-13(15(2,3)4)10-12(11)7-9-14(18)17-16-5/h6,8,10,16H,7,9H2,1-5H3,(H,17,18). The Labute approximate surface area is 110 Å². The summed E-state index contributed by atoms with van der Waals surface area (Å²) in [4.78, 5) is 11.4. The monoisotopic (exact) mass is 248 g/mol. The summed E-state index contributed by atoms with van der Waals surface area (Å²) < 4.78 is 0. The SMILES string of the molecule is CNNC(=O)CCc1cc(C(C)(C)C)ccc1C. The van der Waals surface area contributed by atoms with Gasteiger partial charge in [-0.25, -0.2) is 5.43 Å². The molecule has 0 saturated heterocycles. The number of rotatable bonds is 4. The molecule has 0 aliphatic carbocycles. The van der Waals surface area contributed by atoms with Crippen LogP contribution in [0.4, 0.5) is 0 Å². The summed E-state index contributed by atoms with van der Waals surface area (Å²) in [6.45, 7) is 8.71. The smallest absolute Gasteiger partial charge is 0.234 e. The fourth-order valence-corrected chi connectivity index (χ4v) is 1.86. The lowest BCUT2D eigenvalue weighted by molar-refractivity contribution is -0.121. The number of benzene rings is 1. The lowest BCUT2D eigenvalue weighted by Gasteiger charge is -2.20. The van der Waals surface area contributed by atoms with E-state index < -0.39 is 0 Å². The molecule has 0 radical (unpaired) electrons. The molecule has 1 rings (SSSR count). The van der Waals surface area contributed by atoms with E-state index in [1.54, 1.807) is 7.05 Å². The predicted molar refractivity (Wildman–Crippen MR) is 75.4 cm³/mol. The van der Waals surface area contributed by atoms with Crippen LogP contribution < -0.4 is 10.9 Å². The molecule has 1 aromatic carbocycles. The lowest BCUT2D eigenvalue weighted by Crippen LogP contribution is -2.34. The molecule has 0 heterocycles. The largest absolute Gasteiger partial charge is 0.292 e. The van der Waals surface area contributed by atoms with Crippen molar-refractivity contribution in [2.24, 2.45) is 0 Å². The number of nitrogens with one attached hydrogen (secondary N) is 2. The van der Waals surface area contributed by atoms with Crippen molar-refractivity contribution in [2.75, 3.05) is 7.05 Å². The number of carbonyl (C=O) groups is 1. The predicted octanol–water partition coefficient (Wildman–Crippen LogP) is 2.48. The zero-order chi connectivity index (χ0) is 13.8. The second kappa shape index (κ2) is 6.01. The van der Waals surface area contributed by atoms with E-state index in [0.717, 1.165) is 6.42 Å². The first-order valence-electron chi connectivity index (χ1n) is 6.40. The van der Waals surface area contributed by atoms with Crippen LogP contribution in [0.15, 0.2) is 18.2 Å². The van der Waals surface area contributed by atoms with E-state index in [2.05, 4.69) is 56.7 Å². The fraction of sp³-hybridized carbons (Fsp3) is 0.533. The number of hydrogen-bond donors (Lipinski definition) is 2. The second-order valence-corrected chi connectivity index (χ2v) is 5.69. The van der Waals surface area contributed by atoms with Gasteiger partial charge in [-0.15, -0.1) is 0 Å². The summed E-state index contributed by atoms with van der Waals surface area (Å²) in [5.41, 5.74) is 9.22. The molecular weight excluding hydrogens is 224 g/mol. The van der Waals surface area contributed by atoms with Gasteiger partial charge in [0.05, 0.1) is 0 Å². The van der Waals surface area contributed by atoms with Crippen LogP contribution in [-0.2, 0) is 16.6 Å². The minimum atomic E-state index is 0.0260. The van der Waals surface area contributed by atoms with E-state index in [9.17, 15) is 4.79 Å². The van der Waals surface area contributed by atoms with E-state index in [4.69, 9.17) is 0 Å². The zero-order valence-corrected chi connectivity index (χ0v) is 12.1. The van der Waals surface area contributed by atoms with E-state index in [1.165, 1.54) is 16.7 Å². The fourth-order valence-electron chi connectivity index (χ4n) is 1.86. The van der Waals surface area contributed by atoms with Gasteiger partial charge in [-0.3, -0.25) is 10.2 Å². The first-order chi connectivity index (χ1) is 8.34. The third kappa shape index (κ3) is 4.15. The van der Waals surface area contributed by atoms with Gasteiger partial charge < -0.3 is 0 Å². The van der Waals surface area contributed by atoms with Crippen molar-refractivity contribution < 1.29 is 4.79 Å². The van der Waals surface area contributed by atoms with Gasteiger partial charge >= 0.3 is 0 Å². The van der Waals surface area contributed by atoms with Crippen LogP contribution in [0.25, 0.3) is 0 Å². The maximum Gasteiger partial charge on any atom is 0.234 e. The molecule has 3 nitrogen and oxygen atoms in total. The molecule has 0 saturated carbocycles. The van der Waals surface area contributed by atoms with E-state index in [0.29, 0.717) is 6.42 Å². The number of carbonyl (C=O) groups excluding carboxylic acids is 1. The van der Waals surface area contributed by atoms with E-state index >= 15 is 0 Å². The van der Waals surface area contributed by atoms with Gasteiger partial charge in [0.15, 0.2) is 0 Å². The van der Waals surface area contributed by atoms with Crippen molar-refractivity contribution >= 4 is 5.91 Å². The Bertz CT molecular complexity index is 419. The molecule has 0 fully saturated rings. The molecule has 1 aromatic rings. The third-order valence-electron chi connectivity index (χ3n) is 3.10. The molecule has 0 unspecified atom stereocenters. The van der Waals surface area contributed by atoms with Crippen molar-refractivity contribution in [3.8, 4) is 0 Å². The highest BCUT2D eigenvalue weighted by Crippen LogP contribution is 2.25. The van der Waals surface area contributed by atoms with Crippen molar-refractivity contribution in [3.63, 3.8) is 0 Å². The van der Waals surface area contributed by atoms with Crippen LogP contribution in [0, 0.1) is 6.92 Å². The lowest BCUT2D eigenvalue weighted by atomic mass is 9.85. The van der Waals surface area contributed by atoms with Crippen LogP contribution in [0.1, 0.15) is 43.9 Å². The van der Waals surface area contributed by atoms with Crippen LogP contribution in [0.2, 0.25) is 0 Å². The minimum Gasteiger partial charge on any atom is -0.292 e. The maximum atomic E-state index is 11.4. The van der Waals surface area contributed by atoms with Crippen molar-refractivity contribution in [3.05, 3.63) is 34.9 Å². The van der Waals surface area contributed by atoms with E-state index in [1.807, 2.05) is 0 Å². The Morgan fingerprint density at radius 1 is 1.28 bits per heavy atom. The summed E-state index contributed by atoms with van der Waals surface area (Å²) in [5, 5.41) is 0. The molecule has 2 N–H and O–H groups in total. The second-order valence-electron chi connectivity index (χ2n) is 5.69. The van der Waals surface area contributed by atoms with Crippen LogP contribution in [-0.4, -0.2) is 13.0 Å². The molecule has 100 valence electrons. The Balaban J connectivity index is 2.79. The molecule has 0 bridgehead atoms. The average molecular weight is 248 g/mol. The molecule has 0 aromatic heterocycles. The quantitative estimate of drug-likeness (QED) is 0.804. The van der Waals surface area contributed by atoms with Crippen molar-refractivity contribution in [2.45, 2.75) is 46.0 Å². The van der Waals surface area contributed by atoms with Gasteiger partial charge in [-0.05, 0) is 35.4 Å². The maximum absolute atomic E-state index is 11.4. The summed E-state index contributed by atoms with van der Waals surface area (Å²) in [6, 6.07) is 6.54. The molecule has 1 amide bonds. The highest BCUT2D eigenvalue weighted by atomic mass is 16.2. The highest BCUT2D eigenvalue weighted by Gasteiger charge is 2.14. The van der Waals surface area contributed by atoms with Gasteiger partial charge in [-0.2, -0.15) is 0 Å². The van der Waals surface area contributed by atoms with Crippen LogP contribution in [0.5, 0.6) is 0 Å². The summed E-state index contributed by atoms with van der Waals surface area (Å²) >= 11 is 0. The molecule has 3 heteroatoms. The normalized spacial score (nSPS) is 11.4. The minimum absolute atomic E-state index is 0.0260. The Hall–Kier alpha value is -1.35. The topological polar surface area (TPSA) is 41.1 Å². The van der Waals surface area contributed by atoms with Crippen LogP contribution >= 0.6 is 0 Å². The molecule has 0 spiro atoms. The first-order valence-corrected chi connectivity index (χ1v) is 6.40. The van der Waals surface area contributed by atoms with Gasteiger partial charge in [-0.1, -0.05) is 39.0 Å². The van der Waals surface area contributed by atoms with E-state index in [-0.39, 0.29) is 11.3 Å². The third-order valence-corrected chi connectivity index (χ3v) is 3.10. The molecule has 0 atom stereocenters. The number of hydrazine groups is 1. The molecule has 18 heavy (non-hydrogen) atoms. The Morgan fingerprint density at radius 3 is 2.50 bits per heavy atom. The number of hydrogen-bond acceptors (Lipinski definition) is 2. The highest BCUT2D eigenvalue weighted by molar-refractivity contribution is 5.75. The van der Waals surface area contributed by atoms with Crippen molar-refractivity contribution in [1.82, 2.24) is 10.9 Å². The van der Waals surface area contributed by atoms with Crippen LogP contribution in [0.3, 0.4) is 0 Å². The number of aryl methyl sites for hydroxylation is 2. The van der Waals surface area contributed by atoms with Gasteiger partial charge in [0.1, 0.15) is 0 Å². The summed E-state index contributed by atoms with van der Waals surface area (Å²) in [6.07, 6.45) is 1.29. The molecule has 0 aliphatic rings. The zero-order valence-electron chi connectivity index (χ0n) is 12.1. The number of amides is 1. The molecule has 0 aliphatic heterocycles. The Kier molecular flexibility index (Phi) is 4.91. The van der Waals surface area contributed by atoms with Gasteiger partial charge in [0, 0.05) is 13.5 Å². The Morgan fingerprint density at radius 2 is 1.94 bits per heavy atom. The molecular formula is C15H24N2O. The van der Waals surface area contributed by atoms with Crippen molar-refractivity contribution in [1.29, 1.82) is 0 Å². The first kappa shape index (κ1) is 14.7. The van der Waals surface area contributed by atoms with Gasteiger partial charge in [0.25, 0.3) is 0 Å². The average Bonchev–Trinajstić information content (AvgIpc) is 2.26.